The van der Waals surface area contributed by atoms with Gasteiger partial charge in [-0.25, -0.2) is 8.78 Å². The minimum Gasteiger partial charge on any atom is -0.333 e. The molecule has 0 aliphatic heterocycles. The van der Waals surface area contributed by atoms with E-state index in [1.54, 1.807) is 17.4 Å². The molecule has 0 spiro atoms. The number of benzene rings is 2. The SMILES string of the molecule is Cc1ccc(Cl)cc1NC(=O)C[NH2+][C@H](C)c1ccc(F)c(F)c1. The molecule has 3 nitrogen and oxygen atoms in total. The highest BCUT2D eigenvalue weighted by Crippen LogP contribution is 2.19. The van der Waals surface area contributed by atoms with Crippen LogP contribution in [0.1, 0.15) is 24.1 Å². The Bertz CT molecular complexity index is 722. The van der Waals surface area contributed by atoms with Gasteiger partial charge in [-0.05, 0) is 49.7 Å². The van der Waals surface area contributed by atoms with Crippen molar-refractivity contribution in [3.63, 3.8) is 0 Å². The van der Waals surface area contributed by atoms with Crippen LogP contribution in [-0.4, -0.2) is 12.5 Å². The molecular weight excluding hydrogens is 322 g/mol. The van der Waals surface area contributed by atoms with Crippen LogP contribution >= 0.6 is 11.6 Å². The van der Waals surface area contributed by atoms with E-state index in [0.717, 1.165) is 17.7 Å². The number of carbonyl (C=O) groups excluding carboxylic acids is 1. The van der Waals surface area contributed by atoms with E-state index in [9.17, 15) is 13.6 Å². The summed E-state index contributed by atoms with van der Waals surface area (Å²) in [5.74, 6) is -1.96. The summed E-state index contributed by atoms with van der Waals surface area (Å²) in [7, 11) is 0. The number of nitrogens with one attached hydrogen (secondary N) is 1. The van der Waals surface area contributed by atoms with Crippen LogP contribution in [0.3, 0.4) is 0 Å². The predicted molar refractivity (Wildman–Crippen MR) is 86.4 cm³/mol. The van der Waals surface area contributed by atoms with E-state index < -0.39 is 11.6 Å². The quantitative estimate of drug-likeness (QED) is 0.863. The van der Waals surface area contributed by atoms with Crippen molar-refractivity contribution in [1.29, 1.82) is 0 Å². The number of aryl methyl sites for hydroxylation is 1. The van der Waals surface area contributed by atoms with Crippen LogP contribution in [0.15, 0.2) is 36.4 Å². The summed E-state index contributed by atoms with van der Waals surface area (Å²) in [4.78, 5) is 12.0. The highest BCUT2D eigenvalue weighted by atomic mass is 35.5. The molecule has 0 heterocycles. The summed E-state index contributed by atoms with van der Waals surface area (Å²) < 4.78 is 26.2. The van der Waals surface area contributed by atoms with Crippen LogP contribution in [0, 0.1) is 18.6 Å². The third kappa shape index (κ3) is 4.74. The van der Waals surface area contributed by atoms with E-state index in [2.05, 4.69) is 5.32 Å². The first kappa shape index (κ1) is 17.4. The molecule has 0 saturated carbocycles. The minimum atomic E-state index is -0.887. The Kier molecular flexibility index (Phi) is 5.69. The first-order chi connectivity index (χ1) is 10.9. The summed E-state index contributed by atoms with van der Waals surface area (Å²) in [6.45, 7) is 3.86. The van der Waals surface area contributed by atoms with Crippen molar-refractivity contribution in [1.82, 2.24) is 0 Å². The molecule has 0 radical (unpaired) electrons. The Hall–Kier alpha value is -1.98. The van der Waals surface area contributed by atoms with Crippen molar-refractivity contribution in [2.24, 2.45) is 0 Å². The van der Waals surface area contributed by atoms with E-state index in [-0.39, 0.29) is 18.5 Å². The van der Waals surface area contributed by atoms with Gasteiger partial charge < -0.3 is 10.6 Å². The normalized spacial score (nSPS) is 12.0. The van der Waals surface area contributed by atoms with Crippen molar-refractivity contribution in [3.8, 4) is 0 Å². The lowest BCUT2D eigenvalue weighted by Gasteiger charge is -2.12. The van der Waals surface area contributed by atoms with Crippen LogP contribution in [0.2, 0.25) is 5.02 Å². The number of hydrogen-bond donors (Lipinski definition) is 2. The van der Waals surface area contributed by atoms with Gasteiger partial charge in [0.15, 0.2) is 18.2 Å². The van der Waals surface area contributed by atoms with E-state index >= 15 is 0 Å². The number of hydrogen-bond acceptors (Lipinski definition) is 1. The lowest BCUT2D eigenvalue weighted by atomic mass is 10.1. The Morgan fingerprint density at radius 3 is 2.65 bits per heavy atom. The molecule has 0 saturated heterocycles. The zero-order chi connectivity index (χ0) is 17.0. The van der Waals surface area contributed by atoms with Crippen molar-refractivity contribution < 1.29 is 18.9 Å². The third-order valence-electron chi connectivity index (χ3n) is 3.60. The fourth-order valence-corrected chi connectivity index (χ4v) is 2.32. The number of rotatable bonds is 5. The van der Waals surface area contributed by atoms with E-state index in [1.807, 2.05) is 19.9 Å². The topological polar surface area (TPSA) is 45.7 Å². The second-order valence-electron chi connectivity index (χ2n) is 5.41. The molecule has 0 aromatic heterocycles. The number of quaternary nitrogens is 1. The molecule has 3 N–H and O–H groups in total. The van der Waals surface area contributed by atoms with E-state index in [1.165, 1.54) is 6.07 Å². The van der Waals surface area contributed by atoms with Crippen LogP contribution < -0.4 is 10.6 Å². The molecule has 0 bridgehead atoms. The van der Waals surface area contributed by atoms with Gasteiger partial charge in [-0.15, -0.1) is 0 Å². The zero-order valence-electron chi connectivity index (χ0n) is 12.9. The molecule has 2 rings (SSSR count). The van der Waals surface area contributed by atoms with Gasteiger partial charge in [0.1, 0.15) is 6.04 Å². The molecule has 122 valence electrons. The molecular formula is C17H18ClF2N2O+. The van der Waals surface area contributed by atoms with Crippen LogP contribution in [0.4, 0.5) is 14.5 Å². The lowest BCUT2D eigenvalue weighted by Crippen LogP contribution is -2.86. The molecule has 1 amide bonds. The second kappa shape index (κ2) is 7.53. The number of carbonyl (C=O) groups is 1. The number of nitrogens with two attached hydrogens (primary N) is 1. The maximum Gasteiger partial charge on any atom is 0.279 e. The lowest BCUT2D eigenvalue weighted by molar-refractivity contribution is -0.682. The summed E-state index contributed by atoms with van der Waals surface area (Å²) in [5, 5.41) is 5.09. The van der Waals surface area contributed by atoms with Gasteiger partial charge in [0.05, 0.1) is 0 Å². The third-order valence-corrected chi connectivity index (χ3v) is 3.84. The number of halogens is 3. The first-order valence-electron chi connectivity index (χ1n) is 7.21. The molecule has 0 aliphatic carbocycles. The standard InChI is InChI=1S/C17H17ClF2N2O/c1-10-3-5-13(18)8-16(10)22-17(23)9-21-11(2)12-4-6-14(19)15(20)7-12/h3-8,11,21H,9H2,1-2H3,(H,22,23)/p+1/t11-/m1/s1. The molecule has 1 atom stereocenters. The summed E-state index contributed by atoms with van der Waals surface area (Å²) in [6.07, 6.45) is 0. The van der Waals surface area contributed by atoms with Gasteiger partial charge in [0, 0.05) is 16.3 Å². The molecule has 2 aromatic rings. The monoisotopic (exact) mass is 339 g/mol. The molecule has 23 heavy (non-hydrogen) atoms. The Morgan fingerprint density at radius 2 is 1.96 bits per heavy atom. The Balaban J connectivity index is 1.93. The zero-order valence-corrected chi connectivity index (χ0v) is 13.6. The number of anilines is 1. The van der Waals surface area contributed by atoms with Crippen molar-refractivity contribution in [2.75, 3.05) is 11.9 Å². The highest BCUT2D eigenvalue weighted by molar-refractivity contribution is 6.31. The fraction of sp³-hybridized carbons (Fsp3) is 0.235. The summed E-state index contributed by atoms with van der Waals surface area (Å²) in [5.41, 5.74) is 2.20. The van der Waals surface area contributed by atoms with Gasteiger partial charge >= 0.3 is 0 Å². The predicted octanol–water partition coefficient (Wildman–Crippen LogP) is 3.19. The highest BCUT2D eigenvalue weighted by Gasteiger charge is 2.14. The minimum absolute atomic E-state index is 0.159. The fourth-order valence-electron chi connectivity index (χ4n) is 2.15. The largest absolute Gasteiger partial charge is 0.333 e. The van der Waals surface area contributed by atoms with E-state index in [0.29, 0.717) is 16.3 Å². The maximum atomic E-state index is 13.2. The molecule has 0 aliphatic rings. The van der Waals surface area contributed by atoms with Crippen LogP contribution in [-0.2, 0) is 4.79 Å². The van der Waals surface area contributed by atoms with Crippen LogP contribution in [0.25, 0.3) is 0 Å². The number of amides is 1. The molecule has 0 fully saturated rings. The average molecular weight is 340 g/mol. The molecule has 6 heteroatoms. The summed E-state index contributed by atoms with van der Waals surface area (Å²) in [6, 6.07) is 8.85. The van der Waals surface area contributed by atoms with Crippen LogP contribution in [0.5, 0.6) is 0 Å². The molecule has 2 aromatic carbocycles. The van der Waals surface area contributed by atoms with Crippen molar-refractivity contribution in [3.05, 3.63) is 64.2 Å². The second-order valence-corrected chi connectivity index (χ2v) is 5.85. The van der Waals surface area contributed by atoms with Gasteiger partial charge in [0.2, 0.25) is 0 Å². The van der Waals surface area contributed by atoms with E-state index in [4.69, 9.17) is 11.6 Å². The first-order valence-corrected chi connectivity index (χ1v) is 7.59. The van der Waals surface area contributed by atoms with Gasteiger partial charge in [0.25, 0.3) is 5.91 Å². The van der Waals surface area contributed by atoms with Gasteiger partial charge in [-0.3, -0.25) is 4.79 Å². The van der Waals surface area contributed by atoms with Gasteiger partial charge in [-0.2, -0.15) is 0 Å². The Labute approximate surface area is 138 Å². The Morgan fingerprint density at radius 1 is 1.22 bits per heavy atom. The van der Waals surface area contributed by atoms with Crippen molar-refractivity contribution >= 4 is 23.2 Å². The molecule has 0 unspecified atom stereocenters. The average Bonchev–Trinajstić information content (AvgIpc) is 2.51. The summed E-state index contributed by atoms with van der Waals surface area (Å²) >= 11 is 5.91. The van der Waals surface area contributed by atoms with Gasteiger partial charge in [-0.1, -0.05) is 17.7 Å². The van der Waals surface area contributed by atoms with Crippen molar-refractivity contribution in [2.45, 2.75) is 19.9 Å². The maximum absolute atomic E-state index is 13.2. The smallest absolute Gasteiger partial charge is 0.279 e.